The minimum Gasteiger partial charge on any atom is -0.356 e. The predicted molar refractivity (Wildman–Crippen MR) is 81.0 cm³/mol. The molecule has 2 rings (SSSR count). The lowest BCUT2D eigenvalue weighted by molar-refractivity contribution is 0.318. The maximum atomic E-state index is 6.26. The first-order chi connectivity index (χ1) is 9.15. The maximum absolute atomic E-state index is 6.26. The molecule has 0 aliphatic heterocycles. The van der Waals surface area contributed by atoms with Gasteiger partial charge < -0.3 is 4.90 Å². The van der Waals surface area contributed by atoms with E-state index in [4.69, 9.17) is 16.6 Å². The van der Waals surface area contributed by atoms with Crippen molar-refractivity contribution < 1.29 is 0 Å². The van der Waals surface area contributed by atoms with E-state index in [0.29, 0.717) is 5.15 Å². The fourth-order valence-electron chi connectivity index (χ4n) is 2.52. The van der Waals surface area contributed by atoms with Gasteiger partial charge in [-0.25, -0.2) is 9.97 Å². The molecule has 1 aromatic rings. The number of anilines is 1. The molecule has 4 heteroatoms. The van der Waals surface area contributed by atoms with Crippen LogP contribution in [-0.2, 0) is 6.42 Å². The number of aryl methyl sites for hydroxylation is 1. The normalized spacial score (nSPS) is 15.4. The van der Waals surface area contributed by atoms with Crippen molar-refractivity contribution in [3.05, 3.63) is 16.5 Å². The number of hydrogen-bond donors (Lipinski definition) is 0. The number of nitrogens with zero attached hydrogens (tertiary/aromatic N) is 3. The zero-order valence-electron chi connectivity index (χ0n) is 12.2. The first kappa shape index (κ1) is 14.6. The van der Waals surface area contributed by atoms with Gasteiger partial charge in [0, 0.05) is 25.1 Å². The van der Waals surface area contributed by atoms with Crippen molar-refractivity contribution in [3.8, 4) is 0 Å². The van der Waals surface area contributed by atoms with Gasteiger partial charge >= 0.3 is 0 Å². The fraction of sp³-hybridized carbons (Fsp3) is 0.733. The van der Waals surface area contributed by atoms with Crippen molar-refractivity contribution in [3.63, 3.8) is 0 Å². The lowest BCUT2D eigenvalue weighted by Crippen LogP contribution is -2.33. The van der Waals surface area contributed by atoms with E-state index >= 15 is 0 Å². The van der Waals surface area contributed by atoms with Crippen LogP contribution in [0.4, 0.5) is 5.82 Å². The minimum atomic E-state index is 0.612. The van der Waals surface area contributed by atoms with Gasteiger partial charge in [0.25, 0.3) is 0 Å². The monoisotopic (exact) mass is 281 g/mol. The Kier molecular flexibility index (Phi) is 5.03. The number of aromatic nitrogens is 2. The van der Waals surface area contributed by atoms with Gasteiger partial charge in [-0.15, -0.1) is 0 Å². The molecule has 1 heterocycles. The Morgan fingerprint density at radius 1 is 1.26 bits per heavy atom. The highest BCUT2D eigenvalue weighted by Crippen LogP contribution is 2.30. The van der Waals surface area contributed by atoms with Gasteiger partial charge in [-0.05, 0) is 39.0 Å². The Hall–Kier alpha value is -0.830. The van der Waals surface area contributed by atoms with Gasteiger partial charge in [-0.1, -0.05) is 24.9 Å². The standard InChI is InChI=1S/C15H24ClN3/c1-4-7-13-17-14(16)11(3)15(18-13)19(5-2)10-12-8-6-9-12/h12H,4-10H2,1-3H3. The van der Waals surface area contributed by atoms with Gasteiger partial charge in [-0.2, -0.15) is 0 Å². The lowest BCUT2D eigenvalue weighted by Gasteiger charge is -2.33. The molecule has 0 unspecified atom stereocenters. The SMILES string of the molecule is CCCc1nc(Cl)c(C)c(N(CC)CC2CCC2)n1. The van der Waals surface area contributed by atoms with E-state index in [0.717, 1.165) is 49.1 Å². The van der Waals surface area contributed by atoms with E-state index in [9.17, 15) is 0 Å². The fourth-order valence-corrected chi connectivity index (χ4v) is 2.70. The second-order valence-electron chi connectivity index (χ2n) is 5.46. The summed E-state index contributed by atoms with van der Waals surface area (Å²) in [5, 5.41) is 0.612. The van der Waals surface area contributed by atoms with Crippen molar-refractivity contribution in [2.45, 2.75) is 52.9 Å². The van der Waals surface area contributed by atoms with Gasteiger partial charge in [0.05, 0.1) is 0 Å². The van der Waals surface area contributed by atoms with Crippen LogP contribution < -0.4 is 4.90 Å². The summed E-state index contributed by atoms with van der Waals surface area (Å²) >= 11 is 6.26. The van der Waals surface area contributed by atoms with Crippen LogP contribution in [0.5, 0.6) is 0 Å². The summed E-state index contributed by atoms with van der Waals surface area (Å²) in [7, 11) is 0. The molecular formula is C15H24ClN3. The molecule has 1 aliphatic carbocycles. The van der Waals surface area contributed by atoms with Crippen molar-refractivity contribution in [1.29, 1.82) is 0 Å². The van der Waals surface area contributed by atoms with E-state index in [1.54, 1.807) is 0 Å². The second-order valence-corrected chi connectivity index (χ2v) is 5.82. The summed E-state index contributed by atoms with van der Waals surface area (Å²) in [5.41, 5.74) is 1.02. The largest absolute Gasteiger partial charge is 0.356 e. The molecule has 3 nitrogen and oxygen atoms in total. The summed E-state index contributed by atoms with van der Waals surface area (Å²) in [4.78, 5) is 11.5. The van der Waals surface area contributed by atoms with E-state index < -0.39 is 0 Å². The second kappa shape index (κ2) is 6.56. The smallest absolute Gasteiger partial charge is 0.137 e. The summed E-state index contributed by atoms with van der Waals surface area (Å²) in [6.07, 6.45) is 6.04. The summed E-state index contributed by atoms with van der Waals surface area (Å²) < 4.78 is 0. The third-order valence-corrected chi connectivity index (χ3v) is 4.33. The Bertz CT molecular complexity index is 430. The van der Waals surface area contributed by atoms with Crippen molar-refractivity contribution in [2.75, 3.05) is 18.0 Å². The van der Waals surface area contributed by atoms with E-state index in [-0.39, 0.29) is 0 Å². The van der Waals surface area contributed by atoms with Crippen molar-refractivity contribution in [1.82, 2.24) is 9.97 Å². The molecule has 0 atom stereocenters. The third kappa shape index (κ3) is 3.38. The van der Waals surface area contributed by atoms with E-state index in [1.807, 2.05) is 6.92 Å². The molecule has 19 heavy (non-hydrogen) atoms. The number of hydrogen-bond acceptors (Lipinski definition) is 3. The molecular weight excluding hydrogens is 258 g/mol. The summed E-state index contributed by atoms with van der Waals surface area (Å²) in [5.74, 6) is 2.75. The van der Waals surface area contributed by atoms with Gasteiger partial charge in [-0.3, -0.25) is 0 Å². The first-order valence-corrected chi connectivity index (χ1v) is 7.81. The number of halogens is 1. The van der Waals surface area contributed by atoms with Crippen LogP contribution in [0.1, 0.15) is 50.9 Å². The lowest BCUT2D eigenvalue weighted by atomic mass is 9.85. The van der Waals surface area contributed by atoms with Gasteiger partial charge in [0.2, 0.25) is 0 Å². The molecule has 1 aromatic heterocycles. The summed E-state index contributed by atoms with van der Waals surface area (Å²) in [6, 6.07) is 0. The summed E-state index contributed by atoms with van der Waals surface area (Å²) in [6.45, 7) is 8.44. The van der Waals surface area contributed by atoms with Crippen LogP contribution in [0.15, 0.2) is 0 Å². The van der Waals surface area contributed by atoms with Gasteiger partial charge in [0.1, 0.15) is 16.8 Å². The third-order valence-electron chi connectivity index (χ3n) is 3.97. The van der Waals surface area contributed by atoms with Crippen LogP contribution in [0.2, 0.25) is 5.15 Å². The van der Waals surface area contributed by atoms with E-state index in [2.05, 4.69) is 23.7 Å². The molecule has 0 spiro atoms. The van der Waals surface area contributed by atoms with E-state index in [1.165, 1.54) is 19.3 Å². The molecule has 1 aliphatic rings. The molecule has 0 radical (unpaired) electrons. The highest BCUT2D eigenvalue weighted by molar-refractivity contribution is 6.30. The molecule has 1 saturated carbocycles. The van der Waals surface area contributed by atoms with Crippen LogP contribution in [0, 0.1) is 12.8 Å². The highest BCUT2D eigenvalue weighted by Gasteiger charge is 2.22. The first-order valence-electron chi connectivity index (χ1n) is 7.43. The van der Waals surface area contributed by atoms with Crippen molar-refractivity contribution in [2.24, 2.45) is 5.92 Å². The maximum Gasteiger partial charge on any atom is 0.137 e. The van der Waals surface area contributed by atoms with Gasteiger partial charge in [0.15, 0.2) is 0 Å². The molecule has 0 aromatic carbocycles. The average Bonchev–Trinajstić information content (AvgIpc) is 2.33. The molecule has 0 saturated heterocycles. The molecule has 0 bridgehead atoms. The zero-order chi connectivity index (χ0) is 13.8. The molecule has 106 valence electrons. The number of rotatable bonds is 6. The Labute approximate surface area is 121 Å². The van der Waals surface area contributed by atoms with Crippen LogP contribution in [-0.4, -0.2) is 23.1 Å². The van der Waals surface area contributed by atoms with Crippen LogP contribution in [0.3, 0.4) is 0 Å². The minimum absolute atomic E-state index is 0.612. The molecule has 1 fully saturated rings. The Balaban J connectivity index is 2.23. The Morgan fingerprint density at radius 3 is 2.53 bits per heavy atom. The van der Waals surface area contributed by atoms with Crippen LogP contribution in [0.25, 0.3) is 0 Å². The average molecular weight is 282 g/mol. The molecule has 0 N–H and O–H groups in total. The zero-order valence-corrected chi connectivity index (χ0v) is 13.0. The Morgan fingerprint density at radius 2 is 2.00 bits per heavy atom. The van der Waals surface area contributed by atoms with Crippen molar-refractivity contribution >= 4 is 17.4 Å². The quantitative estimate of drug-likeness (QED) is 0.738. The highest BCUT2D eigenvalue weighted by atomic mass is 35.5. The predicted octanol–water partition coefficient (Wildman–Crippen LogP) is 4.02. The van der Waals surface area contributed by atoms with Crippen LogP contribution >= 0.6 is 11.6 Å². The molecule has 0 amide bonds. The topological polar surface area (TPSA) is 29.0 Å².